The highest BCUT2D eigenvalue weighted by Crippen LogP contribution is 2.17. The van der Waals surface area contributed by atoms with E-state index in [-0.39, 0.29) is 18.5 Å². The van der Waals surface area contributed by atoms with Crippen molar-refractivity contribution in [3.05, 3.63) is 48.6 Å². The van der Waals surface area contributed by atoms with Crippen LogP contribution in [0.1, 0.15) is 309 Å². The van der Waals surface area contributed by atoms with Gasteiger partial charge in [-0.25, -0.2) is 0 Å². The normalized spacial score (nSPS) is 12.9. The van der Waals surface area contributed by atoms with E-state index in [1.807, 2.05) is 0 Å². The second-order valence-electron chi connectivity index (χ2n) is 20.3. The SMILES string of the molecule is CCCCCC/C=C\C/C=C\CCCCCCCC(=O)OCCCCC/C=C\C/C=C\CCCCCCCCCC(=O)NC(CO)C(O)CCCCCCCCCCCCCCCCCCCC. The molecule has 6 nitrogen and oxygen atoms in total. The van der Waals surface area contributed by atoms with Crippen LogP contribution >= 0.6 is 0 Å². The minimum Gasteiger partial charge on any atom is -0.466 e. The summed E-state index contributed by atoms with van der Waals surface area (Å²) < 4.78 is 5.45. The molecule has 0 saturated heterocycles. The van der Waals surface area contributed by atoms with Crippen molar-refractivity contribution in [1.29, 1.82) is 0 Å². The highest BCUT2D eigenvalue weighted by molar-refractivity contribution is 5.76. The summed E-state index contributed by atoms with van der Waals surface area (Å²) in [4.78, 5) is 24.5. The predicted octanol–water partition coefficient (Wildman–Crippen LogP) is 18.6. The summed E-state index contributed by atoms with van der Waals surface area (Å²) in [5, 5.41) is 23.3. The Bertz CT molecular complexity index is 1150. The van der Waals surface area contributed by atoms with Gasteiger partial charge in [0.05, 0.1) is 25.4 Å². The number of ether oxygens (including phenoxy) is 1. The number of rotatable bonds is 55. The maximum absolute atomic E-state index is 12.5. The molecule has 3 N–H and O–H groups in total. The molecule has 2 unspecified atom stereocenters. The van der Waals surface area contributed by atoms with Crippen molar-refractivity contribution in [2.24, 2.45) is 0 Å². The standard InChI is InChI=1S/C62H115NO5/c1-3-5-7-9-11-13-15-17-19-21-23-26-30-34-38-42-46-50-54-60(65)59(58-64)63-61(66)55-51-47-43-39-35-31-27-24-22-25-29-33-37-41-45-49-53-57-68-62(67)56-52-48-44-40-36-32-28-20-18-16-14-12-10-8-6-4-2/h14,16,20,22,25,28,33,37,59-60,64-65H,3-13,15,17-19,21,23-24,26-27,29-32,34-36,38-58H2,1-2H3,(H,63,66)/b16-14-,25-22-,28-20-,37-33-. The molecule has 0 rings (SSSR count). The van der Waals surface area contributed by atoms with Gasteiger partial charge in [-0.15, -0.1) is 0 Å². The number of hydrogen-bond donors (Lipinski definition) is 3. The lowest BCUT2D eigenvalue weighted by Crippen LogP contribution is -2.45. The Labute approximate surface area is 423 Å². The fourth-order valence-corrected chi connectivity index (χ4v) is 8.99. The van der Waals surface area contributed by atoms with Gasteiger partial charge in [0, 0.05) is 12.8 Å². The minimum atomic E-state index is -0.677. The van der Waals surface area contributed by atoms with Gasteiger partial charge in [-0.3, -0.25) is 9.59 Å². The summed E-state index contributed by atoms with van der Waals surface area (Å²) in [7, 11) is 0. The Morgan fingerprint density at radius 3 is 1.13 bits per heavy atom. The van der Waals surface area contributed by atoms with Crippen LogP contribution in [0.3, 0.4) is 0 Å². The molecule has 1 amide bonds. The maximum atomic E-state index is 12.5. The molecule has 0 spiro atoms. The van der Waals surface area contributed by atoms with E-state index >= 15 is 0 Å². The number of unbranched alkanes of at least 4 members (excludes halogenated alkanes) is 36. The van der Waals surface area contributed by atoms with Crippen LogP contribution in [0, 0.1) is 0 Å². The van der Waals surface area contributed by atoms with Crippen LogP contribution in [0.2, 0.25) is 0 Å². The molecule has 0 fully saturated rings. The molecule has 68 heavy (non-hydrogen) atoms. The second-order valence-corrected chi connectivity index (χ2v) is 20.3. The van der Waals surface area contributed by atoms with Gasteiger partial charge in [-0.1, -0.05) is 249 Å². The Morgan fingerprint density at radius 1 is 0.412 bits per heavy atom. The van der Waals surface area contributed by atoms with E-state index in [1.165, 1.54) is 180 Å². The molecule has 0 aliphatic heterocycles. The monoisotopic (exact) mass is 954 g/mol. The van der Waals surface area contributed by atoms with E-state index in [0.29, 0.717) is 25.9 Å². The Balaban J connectivity index is 3.51. The third-order valence-electron chi connectivity index (χ3n) is 13.6. The number of aliphatic hydroxyl groups excluding tert-OH is 2. The highest BCUT2D eigenvalue weighted by atomic mass is 16.5. The highest BCUT2D eigenvalue weighted by Gasteiger charge is 2.20. The van der Waals surface area contributed by atoms with E-state index in [1.54, 1.807) is 0 Å². The van der Waals surface area contributed by atoms with Gasteiger partial charge in [0.15, 0.2) is 0 Å². The molecule has 6 heteroatoms. The number of hydrogen-bond acceptors (Lipinski definition) is 5. The van der Waals surface area contributed by atoms with Gasteiger partial charge in [-0.2, -0.15) is 0 Å². The lowest BCUT2D eigenvalue weighted by atomic mass is 10.0. The van der Waals surface area contributed by atoms with Crippen molar-refractivity contribution in [3.8, 4) is 0 Å². The summed E-state index contributed by atoms with van der Waals surface area (Å²) >= 11 is 0. The van der Waals surface area contributed by atoms with Crippen LogP contribution in [-0.2, 0) is 14.3 Å². The van der Waals surface area contributed by atoms with Crippen LogP contribution in [-0.4, -0.2) is 47.4 Å². The first kappa shape index (κ1) is 65.8. The van der Waals surface area contributed by atoms with E-state index in [4.69, 9.17) is 4.74 Å². The molecule has 398 valence electrons. The van der Waals surface area contributed by atoms with E-state index < -0.39 is 12.1 Å². The van der Waals surface area contributed by atoms with Gasteiger partial charge in [0.25, 0.3) is 0 Å². The lowest BCUT2D eigenvalue weighted by Gasteiger charge is -2.22. The number of amides is 1. The summed E-state index contributed by atoms with van der Waals surface area (Å²) in [5.41, 5.74) is 0. The molecule has 2 atom stereocenters. The van der Waals surface area contributed by atoms with Gasteiger partial charge in [-0.05, 0) is 96.3 Å². The first-order valence-corrected chi connectivity index (χ1v) is 29.9. The van der Waals surface area contributed by atoms with Gasteiger partial charge in [0.1, 0.15) is 0 Å². The van der Waals surface area contributed by atoms with Crippen molar-refractivity contribution in [3.63, 3.8) is 0 Å². The van der Waals surface area contributed by atoms with Crippen LogP contribution in [0.25, 0.3) is 0 Å². The number of nitrogens with one attached hydrogen (secondary N) is 1. The Hall–Kier alpha value is -2.18. The van der Waals surface area contributed by atoms with Crippen molar-refractivity contribution in [2.45, 2.75) is 321 Å². The van der Waals surface area contributed by atoms with Crippen LogP contribution in [0.5, 0.6) is 0 Å². The third-order valence-corrected chi connectivity index (χ3v) is 13.6. The molecular weight excluding hydrogens is 839 g/mol. The summed E-state index contributed by atoms with van der Waals surface area (Å²) in [6.07, 6.45) is 72.4. The van der Waals surface area contributed by atoms with Crippen molar-refractivity contribution in [1.82, 2.24) is 5.32 Å². The molecule has 0 aliphatic rings. The number of aliphatic hydroxyl groups is 2. The lowest BCUT2D eigenvalue weighted by molar-refractivity contribution is -0.143. The molecule has 0 bridgehead atoms. The van der Waals surface area contributed by atoms with Crippen molar-refractivity contribution in [2.75, 3.05) is 13.2 Å². The van der Waals surface area contributed by atoms with E-state index in [0.717, 1.165) is 96.3 Å². The average molecular weight is 955 g/mol. The third kappa shape index (κ3) is 53.2. The molecule has 0 aromatic carbocycles. The van der Waals surface area contributed by atoms with E-state index in [9.17, 15) is 19.8 Å². The van der Waals surface area contributed by atoms with Crippen molar-refractivity contribution >= 4 is 11.9 Å². The maximum Gasteiger partial charge on any atom is 0.305 e. The Kier molecular flexibility index (Phi) is 55.6. The topological polar surface area (TPSA) is 95.9 Å². The Morgan fingerprint density at radius 2 is 0.735 bits per heavy atom. The molecule has 0 aromatic rings. The first-order chi connectivity index (χ1) is 33.5. The van der Waals surface area contributed by atoms with Crippen LogP contribution in [0.4, 0.5) is 0 Å². The number of carbonyl (C=O) groups is 2. The molecular formula is C62H115NO5. The quantitative estimate of drug-likeness (QED) is 0.0321. The minimum absolute atomic E-state index is 0.0290. The zero-order chi connectivity index (χ0) is 49.3. The molecule has 0 aromatic heterocycles. The second kappa shape index (κ2) is 57.4. The number of allylic oxidation sites excluding steroid dienone is 8. The fraction of sp³-hybridized carbons (Fsp3) is 0.839. The van der Waals surface area contributed by atoms with Crippen LogP contribution < -0.4 is 5.32 Å². The van der Waals surface area contributed by atoms with Gasteiger partial charge in [0.2, 0.25) is 5.91 Å². The molecule has 0 radical (unpaired) electrons. The van der Waals surface area contributed by atoms with Crippen molar-refractivity contribution < 1.29 is 24.5 Å². The molecule has 0 heterocycles. The smallest absolute Gasteiger partial charge is 0.305 e. The summed E-state index contributed by atoms with van der Waals surface area (Å²) in [5.74, 6) is -0.0794. The summed E-state index contributed by atoms with van der Waals surface area (Å²) in [6, 6.07) is -0.555. The predicted molar refractivity (Wildman–Crippen MR) is 296 cm³/mol. The van der Waals surface area contributed by atoms with Gasteiger partial charge >= 0.3 is 5.97 Å². The summed E-state index contributed by atoms with van der Waals surface area (Å²) in [6.45, 7) is 4.89. The molecule has 0 saturated carbocycles. The number of esters is 1. The van der Waals surface area contributed by atoms with E-state index in [2.05, 4.69) is 67.8 Å². The number of carbonyl (C=O) groups excluding carboxylic acids is 2. The first-order valence-electron chi connectivity index (χ1n) is 29.9. The molecule has 0 aliphatic carbocycles. The van der Waals surface area contributed by atoms with Crippen LogP contribution in [0.15, 0.2) is 48.6 Å². The largest absolute Gasteiger partial charge is 0.466 e. The zero-order valence-electron chi connectivity index (χ0n) is 45.3. The fourth-order valence-electron chi connectivity index (χ4n) is 8.99. The van der Waals surface area contributed by atoms with Gasteiger partial charge < -0.3 is 20.3 Å². The zero-order valence-corrected chi connectivity index (χ0v) is 45.3. The average Bonchev–Trinajstić information content (AvgIpc) is 3.34.